The van der Waals surface area contributed by atoms with Gasteiger partial charge in [0.25, 0.3) is 10.0 Å². The fourth-order valence-electron chi connectivity index (χ4n) is 2.52. The maximum atomic E-state index is 12.7. The molecule has 1 aliphatic rings. The molecule has 0 aliphatic carbocycles. The van der Waals surface area contributed by atoms with Crippen molar-refractivity contribution in [3.05, 3.63) is 48.0 Å². The molecule has 5 nitrogen and oxygen atoms in total. The quantitative estimate of drug-likeness (QED) is 0.853. The Morgan fingerprint density at radius 3 is 2.80 bits per heavy atom. The second-order valence-corrected chi connectivity index (χ2v) is 8.76. The van der Waals surface area contributed by atoms with Gasteiger partial charge in [-0.2, -0.15) is 0 Å². The van der Waals surface area contributed by atoms with Crippen LogP contribution in [0.5, 0.6) is 0 Å². The van der Waals surface area contributed by atoms with E-state index >= 15 is 0 Å². The first-order valence-electron chi connectivity index (χ1n) is 8.08. The molecular formula is C18H20N2O3S2. The first kappa shape index (κ1) is 17.8. The minimum atomic E-state index is -3.73. The van der Waals surface area contributed by atoms with Crippen LogP contribution in [0.3, 0.4) is 0 Å². The van der Waals surface area contributed by atoms with Crippen LogP contribution in [0.1, 0.15) is 19.4 Å². The van der Waals surface area contributed by atoms with Crippen molar-refractivity contribution in [2.24, 2.45) is 5.92 Å². The zero-order chi connectivity index (χ0) is 18.0. The topological polar surface area (TPSA) is 75.3 Å². The molecule has 0 aromatic heterocycles. The number of fused-ring (bicyclic) bond motifs is 1. The Morgan fingerprint density at radius 2 is 2.04 bits per heavy atom. The third kappa shape index (κ3) is 3.99. The third-order valence-corrected chi connectivity index (χ3v) is 6.76. The highest BCUT2D eigenvalue weighted by atomic mass is 32.2. The van der Waals surface area contributed by atoms with E-state index in [1.54, 1.807) is 30.0 Å². The van der Waals surface area contributed by atoms with Crippen LogP contribution in [0.4, 0.5) is 11.4 Å². The molecule has 2 N–H and O–H groups in total. The first-order valence-corrected chi connectivity index (χ1v) is 10.6. The summed E-state index contributed by atoms with van der Waals surface area (Å²) in [5, 5.41) is 2.81. The molecule has 0 saturated heterocycles. The van der Waals surface area contributed by atoms with Gasteiger partial charge in [0.05, 0.1) is 10.6 Å². The smallest absolute Gasteiger partial charge is 0.261 e. The van der Waals surface area contributed by atoms with Crippen molar-refractivity contribution in [3.63, 3.8) is 0 Å². The van der Waals surface area contributed by atoms with Crippen molar-refractivity contribution in [1.29, 1.82) is 0 Å². The van der Waals surface area contributed by atoms with E-state index in [9.17, 15) is 13.2 Å². The maximum Gasteiger partial charge on any atom is 0.261 e. The van der Waals surface area contributed by atoms with E-state index in [1.807, 2.05) is 32.0 Å². The van der Waals surface area contributed by atoms with Gasteiger partial charge >= 0.3 is 0 Å². The van der Waals surface area contributed by atoms with Gasteiger partial charge in [0.2, 0.25) is 5.91 Å². The average molecular weight is 377 g/mol. The Hall–Kier alpha value is -1.99. The SMILES string of the molecule is CCc1cccc(NS(=O)(=O)c2ccc3c(c2)NC(=O)C(C)CS3)c1. The summed E-state index contributed by atoms with van der Waals surface area (Å²) in [6, 6.07) is 12.2. The van der Waals surface area contributed by atoms with Crippen molar-refractivity contribution in [3.8, 4) is 0 Å². The molecule has 2 aromatic carbocycles. The van der Waals surface area contributed by atoms with Crippen molar-refractivity contribution < 1.29 is 13.2 Å². The minimum absolute atomic E-state index is 0.0931. The number of thioether (sulfide) groups is 1. The number of nitrogens with one attached hydrogen (secondary N) is 2. The van der Waals surface area contributed by atoms with Crippen molar-refractivity contribution in [1.82, 2.24) is 0 Å². The number of anilines is 2. The lowest BCUT2D eigenvalue weighted by molar-refractivity contribution is -0.118. The summed E-state index contributed by atoms with van der Waals surface area (Å²) in [6.45, 7) is 3.87. The number of amides is 1. The fraction of sp³-hybridized carbons (Fsp3) is 0.278. The summed E-state index contributed by atoms with van der Waals surface area (Å²) in [4.78, 5) is 13.0. The summed E-state index contributed by atoms with van der Waals surface area (Å²) < 4.78 is 28.0. The standard InChI is InChI=1S/C18H20N2O3S2/c1-3-13-5-4-6-14(9-13)20-25(22,23)15-7-8-17-16(10-15)19-18(21)12(2)11-24-17/h4-10,12,20H,3,11H2,1-2H3,(H,19,21). The Balaban J connectivity index is 1.90. The van der Waals surface area contributed by atoms with Crippen LogP contribution in [0.25, 0.3) is 0 Å². The summed E-state index contributed by atoms with van der Waals surface area (Å²) in [6.07, 6.45) is 0.829. The molecule has 2 aromatic rings. The molecule has 3 rings (SSSR count). The predicted molar refractivity (Wildman–Crippen MR) is 102 cm³/mol. The number of aryl methyl sites for hydroxylation is 1. The van der Waals surface area contributed by atoms with Gasteiger partial charge in [0.15, 0.2) is 0 Å². The molecule has 132 valence electrons. The number of carbonyl (C=O) groups excluding carboxylic acids is 1. The van der Waals surface area contributed by atoms with Crippen molar-refractivity contribution in [2.45, 2.75) is 30.1 Å². The number of hydrogen-bond donors (Lipinski definition) is 2. The highest BCUT2D eigenvalue weighted by molar-refractivity contribution is 7.99. The van der Waals surface area contributed by atoms with Gasteiger partial charge in [0, 0.05) is 22.3 Å². The summed E-state index contributed by atoms with van der Waals surface area (Å²) in [5.41, 5.74) is 2.13. The summed E-state index contributed by atoms with van der Waals surface area (Å²) in [7, 11) is -3.73. The molecule has 7 heteroatoms. The predicted octanol–water partition coefficient (Wildman–Crippen LogP) is 3.73. The third-order valence-electron chi connectivity index (χ3n) is 4.04. The Bertz CT molecular complexity index is 910. The number of rotatable bonds is 4. The molecule has 0 bridgehead atoms. The van der Waals surface area contributed by atoms with Crippen LogP contribution in [-0.4, -0.2) is 20.1 Å². The van der Waals surface area contributed by atoms with E-state index < -0.39 is 10.0 Å². The highest BCUT2D eigenvalue weighted by Gasteiger charge is 2.23. The molecule has 1 atom stereocenters. The normalized spacial score (nSPS) is 17.4. The molecule has 25 heavy (non-hydrogen) atoms. The molecule has 0 radical (unpaired) electrons. The van der Waals surface area contributed by atoms with E-state index in [2.05, 4.69) is 10.0 Å². The van der Waals surface area contributed by atoms with Gasteiger partial charge in [0.1, 0.15) is 0 Å². The summed E-state index contributed by atoms with van der Waals surface area (Å²) in [5.74, 6) is 0.462. The average Bonchev–Trinajstić information content (AvgIpc) is 2.73. The Morgan fingerprint density at radius 1 is 1.24 bits per heavy atom. The van der Waals surface area contributed by atoms with E-state index in [4.69, 9.17) is 0 Å². The van der Waals surface area contributed by atoms with E-state index in [0.717, 1.165) is 16.9 Å². The number of carbonyl (C=O) groups is 1. The van der Waals surface area contributed by atoms with E-state index in [1.165, 1.54) is 6.07 Å². The highest BCUT2D eigenvalue weighted by Crippen LogP contribution is 2.34. The fourth-order valence-corrected chi connectivity index (χ4v) is 4.60. The number of benzene rings is 2. The van der Waals surface area contributed by atoms with Gasteiger partial charge in [-0.3, -0.25) is 9.52 Å². The van der Waals surface area contributed by atoms with E-state index in [-0.39, 0.29) is 16.7 Å². The van der Waals surface area contributed by atoms with Crippen molar-refractivity contribution in [2.75, 3.05) is 15.8 Å². The van der Waals surface area contributed by atoms with Gasteiger partial charge < -0.3 is 5.32 Å². The largest absolute Gasteiger partial charge is 0.325 e. The van der Waals surface area contributed by atoms with E-state index in [0.29, 0.717) is 17.1 Å². The lowest BCUT2D eigenvalue weighted by atomic mass is 10.1. The molecule has 1 aliphatic heterocycles. The Labute approximate surface area is 152 Å². The van der Waals surface area contributed by atoms with Crippen molar-refractivity contribution >= 4 is 39.1 Å². The number of sulfonamides is 1. The molecule has 1 amide bonds. The zero-order valence-electron chi connectivity index (χ0n) is 14.1. The minimum Gasteiger partial charge on any atom is -0.325 e. The molecule has 0 saturated carbocycles. The lowest BCUT2D eigenvalue weighted by Crippen LogP contribution is -2.20. The van der Waals surface area contributed by atoms with Gasteiger partial charge in [-0.05, 0) is 42.3 Å². The van der Waals surface area contributed by atoms with Crippen LogP contribution in [0.2, 0.25) is 0 Å². The molecular weight excluding hydrogens is 356 g/mol. The second-order valence-electron chi connectivity index (χ2n) is 6.02. The number of hydrogen-bond acceptors (Lipinski definition) is 4. The Kier molecular flexibility index (Phi) is 5.06. The monoisotopic (exact) mass is 376 g/mol. The van der Waals surface area contributed by atoms with Gasteiger partial charge in [-0.25, -0.2) is 8.42 Å². The molecule has 1 heterocycles. The van der Waals surface area contributed by atoms with Gasteiger partial charge in [-0.1, -0.05) is 26.0 Å². The lowest BCUT2D eigenvalue weighted by Gasteiger charge is -2.12. The zero-order valence-corrected chi connectivity index (χ0v) is 15.7. The molecule has 0 fully saturated rings. The van der Waals surface area contributed by atoms with Crippen LogP contribution in [0.15, 0.2) is 52.3 Å². The molecule has 0 spiro atoms. The maximum absolute atomic E-state index is 12.7. The first-order chi connectivity index (χ1) is 11.9. The van der Waals surface area contributed by atoms with Crippen LogP contribution in [-0.2, 0) is 21.2 Å². The van der Waals surface area contributed by atoms with Crippen LogP contribution < -0.4 is 10.0 Å². The van der Waals surface area contributed by atoms with Gasteiger partial charge in [-0.15, -0.1) is 11.8 Å². The summed E-state index contributed by atoms with van der Waals surface area (Å²) >= 11 is 1.55. The second kappa shape index (κ2) is 7.09. The van der Waals surface area contributed by atoms with Crippen LogP contribution >= 0.6 is 11.8 Å². The molecule has 1 unspecified atom stereocenters. The van der Waals surface area contributed by atoms with Crippen LogP contribution in [0, 0.1) is 5.92 Å².